The van der Waals surface area contributed by atoms with Crippen molar-refractivity contribution in [2.75, 3.05) is 75.5 Å². The van der Waals surface area contributed by atoms with Gasteiger partial charge in [0.05, 0.1) is 26.0 Å². The number of ether oxygens (including phenoxy) is 1. The topological polar surface area (TPSA) is 154 Å². The normalized spacial score (nSPS) is 17.7. The number of hydrogen-bond donors (Lipinski definition) is 2. The Balaban J connectivity index is 1.47. The van der Waals surface area contributed by atoms with Crippen LogP contribution in [0.15, 0.2) is 18.3 Å². The highest BCUT2D eigenvalue weighted by atomic mass is 32.2. The standard InChI is InChI=1S/C19H26N8O5S/c1-33(30,31)27-6-4-25(5-7-27)16(29)13-21-18-22-17(14-2-3-15(28)20-12-14)23-19(24-18)26-8-10-32-11-9-26/h2-3,12H,4-11,13H2,1H3,(H,20,28)(H,21,22,23,24). The van der Waals surface area contributed by atoms with Crippen LogP contribution in [0.4, 0.5) is 11.9 Å². The maximum atomic E-state index is 12.7. The number of rotatable bonds is 6. The van der Waals surface area contributed by atoms with Crippen LogP contribution in [0, 0.1) is 0 Å². The predicted octanol–water partition coefficient (Wildman–Crippen LogP) is -1.01. The zero-order chi connectivity index (χ0) is 23.4. The van der Waals surface area contributed by atoms with Crippen molar-refractivity contribution in [2.24, 2.45) is 0 Å². The zero-order valence-electron chi connectivity index (χ0n) is 18.2. The van der Waals surface area contributed by atoms with Crippen molar-refractivity contribution >= 4 is 27.8 Å². The maximum absolute atomic E-state index is 12.7. The Morgan fingerprint density at radius 1 is 1.09 bits per heavy atom. The first-order valence-electron chi connectivity index (χ1n) is 10.5. The van der Waals surface area contributed by atoms with Crippen LogP contribution in [0.1, 0.15) is 0 Å². The number of carbonyl (C=O) groups is 1. The van der Waals surface area contributed by atoms with E-state index >= 15 is 0 Å². The number of amides is 1. The second-order valence-corrected chi connectivity index (χ2v) is 9.67. The number of aromatic nitrogens is 4. The van der Waals surface area contributed by atoms with Gasteiger partial charge >= 0.3 is 0 Å². The van der Waals surface area contributed by atoms with Gasteiger partial charge in [-0.25, -0.2) is 13.4 Å². The van der Waals surface area contributed by atoms with Crippen molar-refractivity contribution in [3.63, 3.8) is 0 Å². The lowest BCUT2D eigenvalue weighted by atomic mass is 10.2. The van der Waals surface area contributed by atoms with Crippen LogP contribution in [0.5, 0.6) is 5.88 Å². The number of piperazine rings is 1. The fraction of sp³-hybridized carbons (Fsp3) is 0.526. The first-order chi connectivity index (χ1) is 15.8. The predicted molar refractivity (Wildman–Crippen MR) is 119 cm³/mol. The number of morpholine rings is 1. The molecule has 2 aromatic rings. The minimum absolute atomic E-state index is 0.0429. The molecule has 2 saturated heterocycles. The van der Waals surface area contributed by atoms with Gasteiger partial charge in [0, 0.05) is 57.1 Å². The van der Waals surface area contributed by atoms with Crippen LogP contribution >= 0.6 is 0 Å². The molecule has 2 aliphatic heterocycles. The summed E-state index contributed by atoms with van der Waals surface area (Å²) in [5.74, 6) is 0.756. The molecule has 2 N–H and O–H groups in total. The van der Waals surface area contributed by atoms with Crippen molar-refractivity contribution in [2.45, 2.75) is 0 Å². The van der Waals surface area contributed by atoms with E-state index in [0.717, 1.165) is 0 Å². The lowest BCUT2D eigenvalue weighted by Gasteiger charge is -2.33. The Hall–Kier alpha value is -3.10. The maximum Gasteiger partial charge on any atom is 0.242 e. The van der Waals surface area contributed by atoms with Crippen LogP contribution in [0.2, 0.25) is 0 Å². The molecule has 13 nitrogen and oxygen atoms in total. The van der Waals surface area contributed by atoms with Gasteiger partial charge in [0.25, 0.3) is 0 Å². The van der Waals surface area contributed by atoms with Gasteiger partial charge in [0.1, 0.15) is 0 Å². The van der Waals surface area contributed by atoms with E-state index < -0.39 is 10.0 Å². The van der Waals surface area contributed by atoms with Gasteiger partial charge in [0.15, 0.2) is 5.82 Å². The first-order valence-corrected chi connectivity index (χ1v) is 12.4. The van der Waals surface area contributed by atoms with Crippen molar-refractivity contribution in [1.29, 1.82) is 0 Å². The third-order valence-electron chi connectivity index (χ3n) is 5.38. The Kier molecular flexibility index (Phi) is 6.85. The molecule has 178 valence electrons. The van der Waals surface area contributed by atoms with Crippen molar-refractivity contribution in [3.8, 4) is 17.3 Å². The molecule has 0 saturated carbocycles. The molecule has 33 heavy (non-hydrogen) atoms. The van der Waals surface area contributed by atoms with Gasteiger partial charge in [-0.15, -0.1) is 0 Å². The highest BCUT2D eigenvalue weighted by Gasteiger charge is 2.26. The Morgan fingerprint density at radius 3 is 2.45 bits per heavy atom. The number of hydrogen-bond acceptors (Lipinski definition) is 11. The molecule has 0 aliphatic carbocycles. The molecule has 1 amide bonds. The lowest BCUT2D eigenvalue weighted by molar-refractivity contribution is -0.130. The molecule has 4 rings (SSSR count). The van der Waals surface area contributed by atoms with Crippen molar-refractivity contribution in [1.82, 2.24) is 29.1 Å². The van der Waals surface area contributed by atoms with Crippen LogP contribution < -0.4 is 10.2 Å². The average Bonchev–Trinajstić information content (AvgIpc) is 2.83. The molecule has 0 atom stereocenters. The van der Waals surface area contributed by atoms with E-state index in [2.05, 4.69) is 25.3 Å². The summed E-state index contributed by atoms with van der Waals surface area (Å²) in [6.45, 7) is 3.53. The van der Waals surface area contributed by atoms with Gasteiger partial charge in [-0.2, -0.15) is 19.3 Å². The summed E-state index contributed by atoms with van der Waals surface area (Å²) in [6, 6.07) is 3.09. The van der Waals surface area contributed by atoms with Crippen molar-refractivity contribution in [3.05, 3.63) is 18.3 Å². The van der Waals surface area contributed by atoms with E-state index in [1.54, 1.807) is 11.0 Å². The van der Waals surface area contributed by atoms with E-state index in [0.29, 0.717) is 56.7 Å². The highest BCUT2D eigenvalue weighted by molar-refractivity contribution is 7.88. The second-order valence-electron chi connectivity index (χ2n) is 7.68. The molecule has 14 heteroatoms. The third-order valence-corrected chi connectivity index (χ3v) is 6.68. The third kappa shape index (κ3) is 5.83. The molecule has 2 aliphatic rings. The van der Waals surface area contributed by atoms with E-state index in [4.69, 9.17) is 4.74 Å². The highest BCUT2D eigenvalue weighted by Crippen LogP contribution is 2.21. The molecule has 2 aromatic heterocycles. The number of carbonyl (C=O) groups excluding carboxylic acids is 1. The van der Waals surface area contributed by atoms with Gasteiger partial charge in [-0.05, 0) is 6.07 Å². The van der Waals surface area contributed by atoms with Crippen LogP contribution in [-0.2, 0) is 19.6 Å². The lowest BCUT2D eigenvalue weighted by Crippen LogP contribution is -2.51. The fourth-order valence-electron chi connectivity index (χ4n) is 3.53. The fourth-order valence-corrected chi connectivity index (χ4v) is 4.36. The minimum Gasteiger partial charge on any atom is -0.493 e. The summed E-state index contributed by atoms with van der Waals surface area (Å²) in [5, 5.41) is 12.4. The largest absolute Gasteiger partial charge is 0.493 e. The van der Waals surface area contributed by atoms with Crippen LogP contribution in [0.3, 0.4) is 0 Å². The number of pyridine rings is 1. The number of nitrogens with one attached hydrogen (secondary N) is 1. The quantitative estimate of drug-likeness (QED) is 0.525. The van der Waals surface area contributed by atoms with Crippen molar-refractivity contribution < 1.29 is 23.1 Å². The molecule has 0 bridgehead atoms. The molecule has 2 fully saturated rings. The molecular formula is C19H26N8O5S. The monoisotopic (exact) mass is 478 g/mol. The van der Waals surface area contributed by atoms with E-state index in [1.165, 1.54) is 22.8 Å². The molecule has 0 spiro atoms. The van der Waals surface area contributed by atoms with Crippen LogP contribution in [0.25, 0.3) is 11.4 Å². The Morgan fingerprint density at radius 2 is 1.82 bits per heavy atom. The second kappa shape index (κ2) is 9.80. The summed E-state index contributed by atoms with van der Waals surface area (Å²) in [7, 11) is -3.26. The molecular weight excluding hydrogens is 452 g/mol. The van der Waals surface area contributed by atoms with Gasteiger partial charge in [-0.3, -0.25) is 4.79 Å². The Labute approximate surface area is 191 Å². The van der Waals surface area contributed by atoms with Gasteiger partial charge < -0.3 is 25.0 Å². The van der Waals surface area contributed by atoms with Gasteiger partial charge in [0.2, 0.25) is 33.7 Å². The molecule has 0 radical (unpaired) electrons. The Bertz CT molecular complexity index is 1080. The number of sulfonamides is 1. The summed E-state index contributed by atoms with van der Waals surface area (Å²) < 4.78 is 30.1. The summed E-state index contributed by atoms with van der Waals surface area (Å²) in [4.78, 5) is 33.6. The first kappa shape index (κ1) is 23.1. The SMILES string of the molecule is CS(=O)(=O)N1CCN(C(=O)CNc2nc(-c3ccc(O)nc3)nc(N3CCOCC3)n2)CC1. The van der Waals surface area contributed by atoms with E-state index in [9.17, 15) is 18.3 Å². The van der Waals surface area contributed by atoms with Crippen LogP contribution in [-0.4, -0.2) is 114 Å². The summed E-state index contributed by atoms with van der Waals surface area (Å²) >= 11 is 0. The number of anilines is 2. The van der Waals surface area contributed by atoms with E-state index in [-0.39, 0.29) is 37.4 Å². The number of nitrogens with zero attached hydrogens (tertiary/aromatic N) is 7. The molecule has 4 heterocycles. The van der Waals surface area contributed by atoms with E-state index in [1.807, 2.05) is 4.90 Å². The molecule has 0 unspecified atom stereocenters. The van der Waals surface area contributed by atoms with Gasteiger partial charge in [-0.1, -0.05) is 0 Å². The summed E-state index contributed by atoms with van der Waals surface area (Å²) in [5.41, 5.74) is 0.594. The minimum atomic E-state index is -3.26. The zero-order valence-corrected chi connectivity index (χ0v) is 19.0. The smallest absolute Gasteiger partial charge is 0.242 e. The average molecular weight is 479 g/mol. The summed E-state index contributed by atoms with van der Waals surface area (Å²) in [6.07, 6.45) is 2.63. The number of aromatic hydroxyl groups is 1. The molecule has 0 aromatic carbocycles.